The van der Waals surface area contributed by atoms with Crippen LogP contribution in [0.1, 0.15) is 20.3 Å². The first-order valence-corrected chi connectivity index (χ1v) is 6.78. The molecule has 1 heterocycles. The lowest BCUT2D eigenvalue weighted by molar-refractivity contribution is 0.341. The summed E-state index contributed by atoms with van der Waals surface area (Å²) in [5.74, 6) is 1.79. The van der Waals surface area contributed by atoms with Gasteiger partial charge >= 0.3 is 0 Å². The van der Waals surface area contributed by atoms with Crippen molar-refractivity contribution in [1.82, 2.24) is 4.98 Å². The molecular formula is C16H20N2O. The molecule has 3 heteroatoms. The second kappa shape index (κ2) is 6.78. The fraction of sp³-hybridized carbons (Fsp3) is 0.312. The number of rotatable bonds is 6. The second-order valence-corrected chi connectivity index (χ2v) is 4.26. The van der Waals surface area contributed by atoms with E-state index in [-0.39, 0.29) is 0 Å². The normalized spacial score (nSPS) is 10.2. The van der Waals surface area contributed by atoms with Crippen LogP contribution >= 0.6 is 0 Å². The van der Waals surface area contributed by atoms with E-state index in [1.165, 1.54) is 0 Å². The van der Waals surface area contributed by atoms with Crippen molar-refractivity contribution >= 4 is 5.82 Å². The molecule has 0 spiro atoms. The van der Waals surface area contributed by atoms with Crippen LogP contribution in [0, 0.1) is 0 Å². The van der Waals surface area contributed by atoms with Crippen LogP contribution < -0.4 is 10.1 Å². The minimum absolute atomic E-state index is 0.658. The Hall–Kier alpha value is -2.03. The molecule has 0 atom stereocenters. The predicted octanol–water partition coefficient (Wildman–Crippen LogP) is 3.97. The first kappa shape index (κ1) is 13.4. The van der Waals surface area contributed by atoms with Crippen LogP contribution in [0.2, 0.25) is 0 Å². The van der Waals surface area contributed by atoms with Gasteiger partial charge in [0.2, 0.25) is 0 Å². The highest BCUT2D eigenvalue weighted by molar-refractivity contribution is 5.68. The fourth-order valence-electron chi connectivity index (χ4n) is 1.90. The van der Waals surface area contributed by atoms with Crippen LogP contribution in [0.5, 0.6) is 5.75 Å². The summed E-state index contributed by atoms with van der Waals surface area (Å²) in [7, 11) is 0. The van der Waals surface area contributed by atoms with E-state index >= 15 is 0 Å². The van der Waals surface area contributed by atoms with E-state index in [0.717, 1.165) is 35.8 Å². The Labute approximate surface area is 114 Å². The molecule has 1 aromatic carbocycles. The number of para-hydroxylation sites is 1. The second-order valence-electron chi connectivity index (χ2n) is 4.26. The third kappa shape index (κ3) is 3.47. The van der Waals surface area contributed by atoms with Crippen molar-refractivity contribution < 1.29 is 4.74 Å². The van der Waals surface area contributed by atoms with Gasteiger partial charge in [0.1, 0.15) is 11.6 Å². The van der Waals surface area contributed by atoms with Crippen molar-refractivity contribution in [2.75, 3.05) is 18.5 Å². The molecule has 0 radical (unpaired) electrons. The number of aromatic nitrogens is 1. The first-order chi connectivity index (χ1) is 9.35. The third-order valence-corrected chi connectivity index (χ3v) is 2.77. The van der Waals surface area contributed by atoms with Gasteiger partial charge in [-0.25, -0.2) is 4.98 Å². The highest BCUT2D eigenvalue weighted by atomic mass is 16.5. The van der Waals surface area contributed by atoms with Crippen molar-refractivity contribution in [3.05, 3.63) is 42.5 Å². The van der Waals surface area contributed by atoms with E-state index in [1.54, 1.807) is 0 Å². The number of nitrogens with zero attached hydrogens (tertiary/aromatic N) is 1. The highest BCUT2D eigenvalue weighted by Gasteiger charge is 2.07. The molecule has 0 unspecified atom stereocenters. The van der Waals surface area contributed by atoms with Crippen LogP contribution in [-0.2, 0) is 0 Å². The maximum atomic E-state index is 5.65. The summed E-state index contributed by atoms with van der Waals surface area (Å²) in [6, 6.07) is 14.0. The van der Waals surface area contributed by atoms with E-state index in [9.17, 15) is 0 Å². The lowest BCUT2D eigenvalue weighted by Gasteiger charge is -2.11. The molecule has 0 fully saturated rings. The maximum Gasteiger partial charge on any atom is 0.128 e. The molecule has 100 valence electrons. The lowest BCUT2D eigenvalue weighted by atomic mass is 10.1. The van der Waals surface area contributed by atoms with Gasteiger partial charge in [-0.05, 0) is 37.6 Å². The largest absolute Gasteiger partial charge is 0.493 e. The molecular weight excluding hydrogens is 236 g/mol. The molecule has 0 saturated carbocycles. The number of anilines is 1. The summed E-state index contributed by atoms with van der Waals surface area (Å²) < 4.78 is 5.65. The molecule has 0 saturated heterocycles. The number of hydrogen-bond donors (Lipinski definition) is 1. The van der Waals surface area contributed by atoms with E-state index in [1.807, 2.05) is 49.4 Å². The highest BCUT2D eigenvalue weighted by Crippen LogP contribution is 2.29. The van der Waals surface area contributed by atoms with Crippen LogP contribution in [-0.4, -0.2) is 18.1 Å². The van der Waals surface area contributed by atoms with Crippen LogP contribution in [0.15, 0.2) is 42.5 Å². The van der Waals surface area contributed by atoms with Gasteiger partial charge < -0.3 is 10.1 Å². The molecule has 1 aromatic heterocycles. The first-order valence-electron chi connectivity index (χ1n) is 6.78. The summed E-state index contributed by atoms with van der Waals surface area (Å²) in [6.45, 7) is 5.72. The Morgan fingerprint density at radius 3 is 2.68 bits per heavy atom. The van der Waals surface area contributed by atoms with Crippen molar-refractivity contribution in [3.63, 3.8) is 0 Å². The zero-order chi connectivity index (χ0) is 13.5. The average Bonchev–Trinajstić information content (AvgIpc) is 2.46. The van der Waals surface area contributed by atoms with E-state index < -0.39 is 0 Å². The molecule has 0 aliphatic rings. The van der Waals surface area contributed by atoms with Gasteiger partial charge in [-0.1, -0.05) is 25.1 Å². The number of pyridine rings is 1. The van der Waals surface area contributed by atoms with E-state index in [4.69, 9.17) is 4.74 Å². The molecule has 0 aliphatic heterocycles. The van der Waals surface area contributed by atoms with Gasteiger partial charge in [0.15, 0.2) is 0 Å². The molecule has 0 bridgehead atoms. The summed E-state index contributed by atoms with van der Waals surface area (Å²) in [5.41, 5.74) is 1.97. The summed E-state index contributed by atoms with van der Waals surface area (Å²) in [6.07, 6.45) is 1.08. The minimum Gasteiger partial charge on any atom is -0.493 e. The predicted molar refractivity (Wildman–Crippen MR) is 79.6 cm³/mol. The Bertz CT molecular complexity index is 526. The molecule has 19 heavy (non-hydrogen) atoms. The monoisotopic (exact) mass is 256 g/mol. The summed E-state index contributed by atoms with van der Waals surface area (Å²) in [5, 5.41) is 3.30. The van der Waals surface area contributed by atoms with Crippen LogP contribution in [0.4, 0.5) is 5.82 Å². The van der Waals surface area contributed by atoms with Gasteiger partial charge in [0.05, 0.1) is 12.3 Å². The fourth-order valence-corrected chi connectivity index (χ4v) is 1.90. The number of benzene rings is 1. The molecule has 2 aromatic rings. The quantitative estimate of drug-likeness (QED) is 0.849. The summed E-state index contributed by atoms with van der Waals surface area (Å²) >= 11 is 0. The maximum absolute atomic E-state index is 5.65. The Morgan fingerprint density at radius 1 is 1.05 bits per heavy atom. The van der Waals surface area contributed by atoms with Crippen molar-refractivity contribution in [1.29, 1.82) is 0 Å². The van der Waals surface area contributed by atoms with Crippen LogP contribution in [0.3, 0.4) is 0 Å². The molecule has 3 nitrogen and oxygen atoms in total. The van der Waals surface area contributed by atoms with Gasteiger partial charge in [-0.15, -0.1) is 0 Å². The van der Waals surface area contributed by atoms with Gasteiger partial charge in [-0.3, -0.25) is 0 Å². The molecule has 2 rings (SSSR count). The van der Waals surface area contributed by atoms with Gasteiger partial charge in [0.25, 0.3) is 0 Å². The SMILES string of the molecule is CCCNc1cccc(-c2ccccc2OCC)n1. The Kier molecular flexibility index (Phi) is 4.78. The third-order valence-electron chi connectivity index (χ3n) is 2.77. The van der Waals surface area contributed by atoms with Gasteiger partial charge in [0, 0.05) is 12.1 Å². The topological polar surface area (TPSA) is 34.1 Å². The summed E-state index contributed by atoms with van der Waals surface area (Å²) in [4.78, 5) is 4.63. The van der Waals surface area contributed by atoms with E-state index in [2.05, 4.69) is 17.2 Å². The van der Waals surface area contributed by atoms with Gasteiger partial charge in [-0.2, -0.15) is 0 Å². The molecule has 0 amide bonds. The Balaban J connectivity index is 2.30. The zero-order valence-corrected chi connectivity index (χ0v) is 11.5. The number of ether oxygens (including phenoxy) is 1. The molecule has 0 aliphatic carbocycles. The molecule has 1 N–H and O–H groups in total. The number of nitrogens with one attached hydrogen (secondary N) is 1. The average molecular weight is 256 g/mol. The number of hydrogen-bond acceptors (Lipinski definition) is 3. The van der Waals surface area contributed by atoms with Crippen molar-refractivity contribution in [2.45, 2.75) is 20.3 Å². The minimum atomic E-state index is 0.658. The van der Waals surface area contributed by atoms with E-state index in [0.29, 0.717) is 6.61 Å². The Morgan fingerprint density at radius 2 is 1.89 bits per heavy atom. The standard InChI is InChI=1S/C16H20N2O/c1-3-12-17-16-11-7-9-14(18-16)13-8-5-6-10-15(13)19-4-2/h5-11H,3-4,12H2,1-2H3,(H,17,18). The van der Waals surface area contributed by atoms with Crippen LogP contribution in [0.25, 0.3) is 11.3 Å². The van der Waals surface area contributed by atoms with Crippen molar-refractivity contribution in [2.24, 2.45) is 0 Å². The smallest absolute Gasteiger partial charge is 0.128 e. The lowest BCUT2D eigenvalue weighted by Crippen LogP contribution is -2.02. The zero-order valence-electron chi connectivity index (χ0n) is 11.5. The van der Waals surface area contributed by atoms with Crippen molar-refractivity contribution in [3.8, 4) is 17.0 Å².